The van der Waals surface area contributed by atoms with Gasteiger partial charge in [-0.05, 0) is 73.9 Å². The van der Waals surface area contributed by atoms with E-state index in [1.165, 1.54) is 24.3 Å². The van der Waals surface area contributed by atoms with Crippen LogP contribution in [0, 0.1) is 0 Å². The quantitative estimate of drug-likeness (QED) is 0.343. The number of hydrogen-bond acceptors (Lipinski definition) is 7. The minimum Gasteiger partial charge on any atom is -0.507 e. The lowest BCUT2D eigenvalue weighted by molar-refractivity contribution is 0.0522. The van der Waals surface area contributed by atoms with E-state index in [-0.39, 0.29) is 33.8 Å². The third-order valence-electron chi connectivity index (χ3n) is 5.44. The van der Waals surface area contributed by atoms with E-state index in [9.17, 15) is 23.4 Å². The van der Waals surface area contributed by atoms with Crippen LogP contribution < -0.4 is 5.32 Å². The number of benzene rings is 3. The van der Waals surface area contributed by atoms with E-state index in [1.54, 1.807) is 37.3 Å². The summed E-state index contributed by atoms with van der Waals surface area (Å²) in [6.45, 7) is 4.04. The molecular weight excluding hydrogens is 490 g/mol. The van der Waals surface area contributed by atoms with Crippen molar-refractivity contribution in [2.75, 3.05) is 13.2 Å². The smallest absolute Gasteiger partial charge is 0.341 e. The van der Waals surface area contributed by atoms with E-state index in [0.717, 1.165) is 17.2 Å². The van der Waals surface area contributed by atoms with Gasteiger partial charge in [0.25, 0.3) is 0 Å². The van der Waals surface area contributed by atoms with Gasteiger partial charge in [-0.3, -0.25) is 0 Å². The number of carbonyl (C=O) groups is 1. The van der Waals surface area contributed by atoms with E-state index < -0.39 is 21.9 Å². The molecule has 0 saturated carbocycles. The predicted octanol–water partition coefficient (Wildman–Crippen LogP) is 4.31. The molecule has 0 aliphatic carbocycles. The van der Waals surface area contributed by atoms with Gasteiger partial charge in [-0.25, -0.2) is 13.2 Å². The first-order chi connectivity index (χ1) is 16.6. The Bertz CT molecular complexity index is 1280. The zero-order valence-electron chi connectivity index (χ0n) is 19.4. The molecular formula is C26H28ClNO6S. The number of nitrogens with one attached hydrogen (secondary N) is 1. The van der Waals surface area contributed by atoms with Crippen LogP contribution in [-0.2, 0) is 21.0 Å². The van der Waals surface area contributed by atoms with Crippen molar-refractivity contribution in [2.45, 2.75) is 42.2 Å². The topological polar surface area (TPSA) is 113 Å². The van der Waals surface area contributed by atoms with Crippen molar-refractivity contribution in [1.82, 2.24) is 5.32 Å². The Balaban J connectivity index is 1.66. The third kappa shape index (κ3) is 6.82. The molecule has 3 aromatic rings. The van der Waals surface area contributed by atoms with Gasteiger partial charge in [-0.1, -0.05) is 35.9 Å². The highest BCUT2D eigenvalue weighted by atomic mass is 35.5. The van der Waals surface area contributed by atoms with Crippen LogP contribution in [0.2, 0.25) is 5.02 Å². The second kappa shape index (κ2) is 11.7. The molecule has 0 heterocycles. The maximum Gasteiger partial charge on any atom is 0.341 e. The van der Waals surface area contributed by atoms with Gasteiger partial charge in [0, 0.05) is 17.6 Å². The maximum absolute atomic E-state index is 13.1. The molecule has 0 bridgehead atoms. The number of halogens is 1. The van der Waals surface area contributed by atoms with E-state index in [0.29, 0.717) is 18.0 Å². The van der Waals surface area contributed by atoms with Gasteiger partial charge in [-0.2, -0.15) is 0 Å². The summed E-state index contributed by atoms with van der Waals surface area (Å²) in [5.74, 6) is -1.14. The first-order valence-corrected chi connectivity index (χ1v) is 13.0. The second-order valence-corrected chi connectivity index (χ2v) is 10.5. The minimum absolute atomic E-state index is 0.0236. The van der Waals surface area contributed by atoms with Crippen LogP contribution in [0.25, 0.3) is 0 Å². The number of phenols is 1. The lowest BCUT2D eigenvalue weighted by Gasteiger charge is -2.18. The molecule has 186 valence electrons. The zero-order chi connectivity index (χ0) is 25.6. The van der Waals surface area contributed by atoms with Gasteiger partial charge in [0.2, 0.25) is 9.84 Å². The van der Waals surface area contributed by atoms with E-state index in [4.69, 9.17) is 16.3 Å². The van der Waals surface area contributed by atoms with Crippen molar-refractivity contribution < 1.29 is 28.2 Å². The highest BCUT2D eigenvalue weighted by molar-refractivity contribution is 7.91. The fraction of sp³-hybridized carbons (Fsp3) is 0.269. The molecule has 7 nitrogen and oxygen atoms in total. The molecule has 3 N–H and O–H groups in total. The predicted molar refractivity (Wildman–Crippen MR) is 134 cm³/mol. The Morgan fingerprint density at radius 3 is 2.40 bits per heavy atom. The molecule has 0 aliphatic heterocycles. The van der Waals surface area contributed by atoms with Gasteiger partial charge < -0.3 is 20.3 Å². The SMILES string of the molecule is CCOC(=O)c1cc(S(=O)(=O)c2ccc(C[C@@H](C)NC[C@H](O)c3cccc(Cl)c3)cc2)ccc1O. The van der Waals surface area contributed by atoms with Crippen LogP contribution in [0.1, 0.15) is 41.4 Å². The van der Waals surface area contributed by atoms with Crippen molar-refractivity contribution in [3.05, 3.63) is 88.4 Å². The molecule has 3 aromatic carbocycles. The maximum atomic E-state index is 13.1. The van der Waals surface area contributed by atoms with Crippen LogP contribution in [-0.4, -0.2) is 43.8 Å². The number of aromatic hydroxyl groups is 1. The number of rotatable bonds is 10. The van der Waals surface area contributed by atoms with Gasteiger partial charge in [0.1, 0.15) is 11.3 Å². The molecule has 0 aliphatic rings. The normalized spacial score (nSPS) is 13.3. The zero-order valence-corrected chi connectivity index (χ0v) is 21.0. The summed E-state index contributed by atoms with van der Waals surface area (Å²) in [4.78, 5) is 12.0. The van der Waals surface area contributed by atoms with Crippen LogP contribution in [0.15, 0.2) is 76.5 Å². The summed E-state index contributed by atoms with van der Waals surface area (Å²) < 4.78 is 31.0. The molecule has 0 amide bonds. The monoisotopic (exact) mass is 517 g/mol. The molecule has 0 fully saturated rings. The average Bonchev–Trinajstić information content (AvgIpc) is 2.83. The summed E-state index contributed by atoms with van der Waals surface area (Å²) >= 11 is 5.98. The van der Waals surface area contributed by atoms with Gasteiger partial charge in [0.05, 0.1) is 22.5 Å². The van der Waals surface area contributed by atoms with E-state index in [1.807, 2.05) is 13.0 Å². The summed E-state index contributed by atoms with van der Waals surface area (Å²) in [6.07, 6.45) is -0.0806. The molecule has 0 unspecified atom stereocenters. The lowest BCUT2D eigenvalue weighted by Crippen LogP contribution is -2.32. The first-order valence-electron chi connectivity index (χ1n) is 11.1. The van der Waals surface area contributed by atoms with Crippen molar-refractivity contribution in [1.29, 1.82) is 0 Å². The highest BCUT2D eigenvalue weighted by Crippen LogP contribution is 2.27. The van der Waals surface area contributed by atoms with Crippen LogP contribution >= 0.6 is 11.6 Å². The second-order valence-electron chi connectivity index (χ2n) is 8.13. The first kappa shape index (κ1) is 26.7. The summed E-state index contributed by atoms with van der Waals surface area (Å²) in [6, 6.07) is 17.1. The standard InChI is InChI=1S/C26H28ClNO6S/c1-3-34-26(31)23-15-22(11-12-24(23)29)35(32,33)21-9-7-18(8-10-21)13-17(2)28-16-25(30)19-5-4-6-20(27)14-19/h4-12,14-15,17,25,28-30H,3,13,16H2,1-2H3/t17-,25+/m1/s1. The number of aliphatic hydroxyl groups excluding tert-OH is 1. The van der Waals surface area contributed by atoms with Crippen molar-refractivity contribution in [3.63, 3.8) is 0 Å². The largest absolute Gasteiger partial charge is 0.507 e. The number of esters is 1. The van der Waals surface area contributed by atoms with E-state index in [2.05, 4.69) is 5.32 Å². The van der Waals surface area contributed by atoms with Crippen LogP contribution in [0.4, 0.5) is 0 Å². The van der Waals surface area contributed by atoms with Crippen molar-refractivity contribution in [2.24, 2.45) is 0 Å². The Hall–Kier alpha value is -2.91. The van der Waals surface area contributed by atoms with Crippen LogP contribution in [0.5, 0.6) is 5.75 Å². The lowest BCUT2D eigenvalue weighted by atomic mass is 10.1. The molecule has 0 aromatic heterocycles. The van der Waals surface area contributed by atoms with Crippen LogP contribution in [0.3, 0.4) is 0 Å². The number of carbonyl (C=O) groups excluding carboxylic acids is 1. The number of hydrogen-bond donors (Lipinski definition) is 3. The number of ether oxygens (including phenoxy) is 1. The van der Waals surface area contributed by atoms with Gasteiger partial charge in [-0.15, -0.1) is 0 Å². The van der Waals surface area contributed by atoms with Crippen molar-refractivity contribution >= 4 is 27.4 Å². The molecule has 35 heavy (non-hydrogen) atoms. The number of aliphatic hydroxyl groups is 1. The molecule has 3 rings (SSSR count). The fourth-order valence-corrected chi connectivity index (χ4v) is 5.05. The Kier molecular flexibility index (Phi) is 8.91. The van der Waals surface area contributed by atoms with E-state index >= 15 is 0 Å². The molecule has 9 heteroatoms. The van der Waals surface area contributed by atoms with Gasteiger partial charge in [0.15, 0.2) is 0 Å². The molecule has 0 spiro atoms. The molecule has 0 saturated heterocycles. The summed E-state index contributed by atoms with van der Waals surface area (Å²) in [7, 11) is -3.91. The van der Waals surface area contributed by atoms with Gasteiger partial charge >= 0.3 is 5.97 Å². The number of sulfone groups is 1. The Morgan fingerprint density at radius 1 is 1.06 bits per heavy atom. The highest BCUT2D eigenvalue weighted by Gasteiger charge is 2.22. The van der Waals surface area contributed by atoms with Crippen molar-refractivity contribution in [3.8, 4) is 5.75 Å². The third-order valence-corrected chi connectivity index (χ3v) is 7.44. The Morgan fingerprint density at radius 2 is 1.74 bits per heavy atom. The summed E-state index contributed by atoms with van der Waals surface area (Å²) in [5.41, 5.74) is 1.44. The Labute approximate surface area is 210 Å². The summed E-state index contributed by atoms with van der Waals surface area (Å²) in [5, 5.41) is 24.1. The molecule has 2 atom stereocenters. The minimum atomic E-state index is -3.91. The molecule has 0 radical (unpaired) electrons. The number of phenolic OH excluding ortho intramolecular Hbond substituents is 1. The average molecular weight is 518 g/mol. The fourth-order valence-electron chi connectivity index (χ4n) is 3.57.